The molecular weight excluding hydrogens is 475 g/mol. The third-order valence-corrected chi connectivity index (χ3v) is 5.73. The normalized spacial score (nSPS) is 18.4. The topological polar surface area (TPSA) is 47.0 Å². The zero-order chi connectivity index (χ0) is 19.4. The van der Waals surface area contributed by atoms with E-state index in [4.69, 9.17) is 4.99 Å². The predicted octanol–water partition coefficient (Wildman–Crippen LogP) is 3.44. The fourth-order valence-electron chi connectivity index (χ4n) is 4.11. The first-order chi connectivity index (χ1) is 13.9. The lowest BCUT2D eigenvalue weighted by Gasteiger charge is -2.37. The maximum atomic E-state index is 4.90. The largest absolute Gasteiger partial charge is 0.357 e. The van der Waals surface area contributed by atoms with Crippen molar-refractivity contribution in [2.24, 2.45) is 4.99 Å². The van der Waals surface area contributed by atoms with Crippen molar-refractivity contribution in [2.75, 3.05) is 63.8 Å². The molecule has 0 unspecified atom stereocenters. The van der Waals surface area contributed by atoms with E-state index < -0.39 is 0 Å². The molecule has 0 aromatic carbocycles. The number of pyridine rings is 1. The number of nitrogens with one attached hydrogen (secondary N) is 1. The minimum atomic E-state index is 0. The van der Waals surface area contributed by atoms with Gasteiger partial charge in [0.05, 0.1) is 0 Å². The number of rotatable bonds is 8. The first kappa shape index (κ1) is 24.2. The highest BCUT2D eigenvalue weighted by atomic mass is 127. The number of halogens is 1. The molecule has 1 aromatic heterocycles. The van der Waals surface area contributed by atoms with Gasteiger partial charge in [-0.3, -0.25) is 4.99 Å². The third kappa shape index (κ3) is 8.28. The molecular formula is C22H39IN6. The van der Waals surface area contributed by atoms with Gasteiger partial charge >= 0.3 is 0 Å². The molecule has 1 N–H and O–H groups in total. The first-order valence-electron chi connectivity index (χ1n) is 11.3. The molecule has 3 rings (SSSR count). The van der Waals surface area contributed by atoms with Crippen molar-refractivity contribution < 1.29 is 0 Å². The number of nitrogens with zero attached hydrogens (tertiary/aromatic N) is 5. The Morgan fingerprint density at radius 3 is 2.48 bits per heavy atom. The highest BCUT2D eigenvalue weighted by molar-refractivity contribution is 14.0. The summed E-state index contributed by atoms with van der Waals surface area (Å²) in [5.74, 6) is 2.16. The predicted molar refractivity (Wildman–Crippen MR) is 134 cm³/mol. The van der Waals surface area contributed by atoms with Crippen LogP contribution >= 0.6 is 24.0 Å². The molecule has 0 spiro atoms. The number of hydrogen-bond donors (Lipinski definition) is 1. The van der Waals surface area contributed by atoms with Crippen molar-refractivity contribution in [3.8, 4) is 0 Å². The van der Waals surface area contributed by atoms with Crippen LogP contribution in [0.1, 0.15) is 45.4 Å². The number of guanidine groups is 1. The van der Waals surface area contributed by atoms with Gasteiger partial charge in [-0.05, 0) is 64.4 Å². The Balaban J connectivity index is 0.00000300. The van der Waals surface area contributed by atoms with Gasteiger partial charge in [0.25, 0.3) is 0 Å². The Bertz CT molecular complexity index is 568. The van der Waals surface area contributed by atoms with E-state index in [0.29, 0.717) is 0 Å². The Labute approximate surface area is 194 Å². The number of anilines is 1. The standard InChI is InChI=1S/C22H38N6.HI/c1-2-23-22(25-13-6-3-8-14-26-15-9-4-10-16-26)28-19-17-27(18-20-28)21-11-5-7-12-24-21;/h5,7,11-12H,2-4,6,8-10,13-20H2,1H3,(H,23,25);1H. The lowest BCUT2D eigenvalue weighted by Crippen LogP contribution is -2.52. The summed E-state index contributed by atoms with van der Waals surface area (Å²) in [6.45, 7) is 11.9. The molecule has 1 aromatic rings. The molecule has 164 valence electrons. The SMILES string of the molecule is CCNC(=NCCCCCN1CCCCC1)N1CCN(c2ccccn2)CC1.I. The zero-order valence-corrected chi connectivity index (χ0v) is 20.4. The fraction of sp³-hybridized carbons (Fsp3) is 0.727. The lowest BCUT2D eigenvalue weighted by molar-refractivity contribution is 0.224. The summed E-state index contributed by atoms with van der Waals surface area (Å²) in [4.78, 5) is 16.8. The molecule has 2 saturated heterocycles. The Morgan fingerprint density at radius 2 is 1.79 bits per heavy atom. The molecule has 29 heavy (non-hydrogen) atoms. The molecule has 2 aliphatic rings. The number of piperidine rings is 1. The van der Waals surface area contributed by atoms with Crippen molar-refractivity contribution >= 4 is 35.8 Å². The van der Waals surface area contributed by atoms with Crippen molar-refractivity contribution in [2.45, 2.75) is 45.4 Å². The zero-order valence-electron chi connectivity index (χ0n) is 18.1. The quantitative estimate of drug-likeness (QED) is 0.249. The van der Waals surface area contributed by atoms with Gasteiger partial charge < -0.3 is 20.0 Å². The highest BCUT2D eigenvalue weighted by Gasteiger charge is 2.20. The Hall–Kier alpha value is -1.09. The van der Waals surface area contributed by atoms with Gasteiger partial charge in [0.2, 0.25) is 0 Å². The van der Waals surface area contributed by atoms with E-state index in [1.54, 1.807) is 0 Å². The molecule has 2 aliphatic heterocycles. The summed E-state index contributed by atoms with van der Waals surface area (Å²) in [5.41, 5.74) is 0. The minimum Gasteiger partial charge on any atom is -0.357 e. The van der Waals surface area contributed by atoms with E-state index in [2.05, 4.69) is 44.1 Å². The van der Waals surface area contributed by atoms with Crippen LogP contribution in [0, 0.1) is 0 Å². The van der Waals surface area contributed by atoms with Crippen molar-refractivity contribution in [1.82, 2.24) is 20.1 Å². The van der Waals surface area contributed by atoms with Gasteiger partial charge in [-0.1, -0.05) is 18.9 Å². The second-order valence-corrected chi connectivity index (χ2v) is 7.86. The second kappa shape index (κ2) is 14.0. The number of piperazine rings is 1. The van der Waals surface area contributed by atoms with Crippen LogP contribution in [0.25, 0.3) is 0 Å². The van der Waals surface area contributed by atoms with E-state index in [1.807, 2.05) is 12.3 Å². The summed E-state index contributed by atoms with van der Waals surface area (Å²) in [6, 6.07) is 6.13. The number of hydrogen-bond acceptors (Lipinski definition) is 4. The van der Waals surface area contributed by atoms with Crippen molar-refractivity contribution in [3.05, 3.63) is 24.4 Å². The van der Waals surface area contributed by atoms with Crippen LogP contribution < -0.4 is 10.2 Å². The van der Waals surface area contributed by atoms with Gasteiger partial charge in [0.15, 0.2) is 5.96 Å². The first-order valence-corrected chi connectivity index (χ1v) is 11.3. The molecule has 7 heteroatoms. The summed E-state index contributed by atoms with van der Waals surface area (Å²) in [6.07, 6.45) is 9.87. The van der Waals surface area contributed by atoms with Crippen LogP contribution in [0.5, 0.6) is 0 Å². The highest BCUT2D eigenvalue weighted by Crippen LogP contribution is 2.13. The summed E-state index contributed by atoms with van der Waals surface area (Å²) in [7, 11) is 0. The lowest BCUT2D eigenvalue weighted by atomic mass is 10.1. The number of aromatic nitrogens is 1. The monoisotopic (exact) mass is 514 g/mol. The van der Waals surface area contributed by atoms with E-state index in [0.717, 1.165) is 51.0 Å². The molecule has 0 aliphatic carbocycles. The molecule has 2 fully saturated rings. The van der Waals surface area contributed by atoms with Gasteiger partial charge in [-0.2, -0.15) is 0 Å². The molecule has 6 nitrogen and oxygen atoms in total. The Kier molecular flexibility index (Phi) is 11.7. The van der Waals surface area contributed by atoms with E-state index in [-0.39, 0.29) is 24.0 Å². The van der Waals surface area contributed by atoms with Crippen LogP contribution in [-0.2, 0) is 0 Å². The Morgan fingerprint density at radius 1 is 1.00 bits per heavy atom. The number of likely N-dealkylation sites (tertiary alicyclic amines) is 1. The van der Waals surface area contributed by atoms with Gasteiger partial charge in [0.1, 0.15) is 5.82 Å². The molecule has 3 heterocycles. The minimum absolute atomic E-state index is 0. The van der Waals surface area contributed by atoms with Crippen LogP contribution in [0.3, 0.4) is 0 Å². The summed E-state index contributed by atoms with van der Waals surface area (Å²) in [5, 5.41) is 3.48. The smallest absolute Gasteiger partial charge is 0.194 e. The molecule has 0 amide bonds. The molecule has 0 bridgehead atoms. The van der Waals surface area contributed by atoms with E-state index >= 15 is 0 Å². The van der Waals surface area contributed by atoms with Gasteiger partial charge in [-0.15, -0.1) is 24.0 Å². The van der Waals surface area contributed by atoms with E-state index in [9.17, 15) is 0 Å². The van der Waals surface area contributed by atoms with E-state index in [1.165, 1.54) is 58.2 Å². The molecule has 0 atom stereocenters. The molecule has 0 radical (unpaired) electrons. The summed E-state index contributed by atoms with van der Waals surface area (Å²) >= 11 is 0. The van der Waals surface area contributed by atoms with Crippen LogP contribution in [-0.4, -0.2) is 79.6 Å². The maximum absolute atomic E-state index is 4.90. The molecule has 0 saturated carbocycles. The van der Waals surface area contributed by atoms with Gasteiger partial charge in [-0.25, -0.2) is 4.98 Å². The van der Waals surface area contributed by atoms with Crippen molar-refractivity contribution in [3.63, 3.8) is 0 Å². The van der Waals surface area contributed by atoms with Crippen molar-refractivity contribution in [1.29, 1.82) is 0 Å². The second-order valence-electron chi connectivity index (χ2n) is 7.86. The van der Waals surface area contributed by atoms with Crippen LogP contribution in [0.15, 0.2) is 29.4 Å². The van der Waals surface area contributed by atoms with Crippen LogP contribution in [0.2, 0.25) is 0 Å². The maximum Gasteiger partial charge on any atom is 0.194 e. The van der Waals surface area contributed by atoms with Gasteiger partial charge in [0, 0.05) is 45.5 Å². The number of aliphatic imine (C=N–C) groups is 1. The average Bonchev–Trinajstić information content (AvgIpc) is 2.77. The fourth-order valence-corrected chi connectivity index (χ4v) is 4.11. The average molecular weight is 515 g/mol. The van der Waals surface area contributed by atoms with Crippen LogP contribution in [0.4, 0.5) is 5.82 Å². The summed E-state index contributed by atoms with van der Waals surface area (Å²) < 4.78 is 0. The number of unbranched alkanes of at least 4 members (excludes halogenated alkanes) is 2. The third-order valence-electron chi connectivity index (χ3n) is 5.73.